The Labute approximate surface area is 114 Å². The molecule has 0 aliphatic carbocycles. The van der Waals surface area contributed by atoms with Crippen LogP contribution in [0, 0.1) is 0 Å². The summed E-state index contributed by atoms with van der Waals surface area (Å²) in [4.78, 5) is -1.21. The smallest absolute Gasteiger partial charge is 0.295 e. The molecule has 0 spiro atoms. The van der Waals surface area contributed by atoms with Gasteiger partial charge in [-0.25, -0.2) is 0 Å². The minimum Gasteiger partial charge on any atom is -0.369 e. The van der Waals surface area contributed by atoms with Gasteiger partial charge in [-0.05, 0) is 18.2 Å². The van der Waals surface area contributed by atoms with Gasteiger partial charge in [-0.1, -0.05) is 0 Å². The minimum absolute atomic E-state index is 0.326. The van der Waals surface area contributed by atoms with Gasteiger partial charge in [0.1, 0.15) is 4.90 Å². The summed E-state index contributed by atoms with van der Waals surface area (Å²) in [6.45, 7) is 0. The molecule has 0 bridgehead atoms. The summed E-state index contributed by atoms with van der Waals surface area (Å²) < 4.78 is 62.0. The van der Waals surface area contributed by atoms with Crippen LogP contribution in [0.15, 0.2) is 38.2 Å². The van der Waals surface area contributed by atoms with Crippen LogP contribution in [0.3, 0.4) is 0 Å². The average molecular weight is 322 g/mol. The molecule has 12 heteroatoms. The highest BCUT2D eigenvalue weighted by Crippen LogP contribution is 2.19. The molecule has 6 N–H and O–H groups in total. The molecule has 0 unspecified atom stereocenters. The van der Waals surface area contributed by atoms with Crippen molar-refractivity contribution in [3.05, 3.63) is 23.8 Å². The van der Waals surface area contributed by atoms with Crippen LogP contribution in [0.2, 0.25) is 0 Å². The molecule has 10 nitrogen and oxygen atoms in total. The van der Waals surface area contributed by atoms with E-state index in [0.29, 0.717) is 0 Å². The van der Waals surface area contributed by atoms with Crippen molar-refractivity contribution in [3.8, 4) is 0 Å². The predicted molar refractivity (Wildman–Crippen MR) is 69.5 cm³/mol. The first kappa shape index (κ1) is 16.0. The highest BCUT2D eigenvalue weighted by Gasteiger charge is 2.18. The Hall–Kier alpha value is -2.02. The van der Waals surface area contributed by atoms with Crippen molar-refractivity contribution in [2.45, 2.75) is 9.79 Å². The Kier molecular flexibility index (Phi) is 4.44. The monoisotopic (exact) mass is 322 g/mol. The molecular formula is C8H10N4O6S2. The van der Waals surface area contributed by atoms with E-state index in [1.165, 1.54) is 0 Å². The highest BCUT2D eigenvalue weighted by atomic mass is 32.2. The summed E-state index contributed by atoms with van der Waals surface area (Å²) in [5.41, 5.74) is 9.65. The van der Waals surface area contributed by atoms with E-state index in [2.05, 4.69) is 10.2 Å². The van der Waals surface area contributed by atoms with E-state index >= 15 is 0 Å². The largest absolute Gasteiger partial charge is 0.369 e. The fourth-order valence-corrected chi connectivity index (χ4v) is 2.35. The van der Waals surface area contributed by atoms with Crippen molar-refractivity contribution in [1.82, 2.24) is 0 Å². The highest BCUT2D eigenvalue weighted by molar-refractivity contribution is 7.86. The van der Waals surface area contributed by atoms with E-state index in [-0.39, 0.29) is 5.56 Å². The molecule has 0 aliphatic rings. The summed E-state index contributed by atoms with van der Waals surface area (Å²) in [5, 5.41) is 6.49. The molecule has 0 atom stereocenters. The lowest BCUT2D eigenvalue weighted by Crippen LogP contribution is -2.21. The number of nitrogens with zero attached hydrogens (tertiary/aromatic N) is 2. The van der Waals surface area contributed by atoms with E-state index in [0.717, 1.165) is 24.4 Å². The van der Waals surface area contributed by atoms with Crippen LogP contribution in [-0.2, 0) is 20.2 Å². The fraction of sp³-hybridized carbons (Fsp3) is 0. The predicted octanol–water partition coefficient (Wildman–Crippen LogP) is -1.21. The summed E-state index contributed by atoms with van der Waals surface area (Å²) >= 11 is 0. The molecular weight excluding hydrogens is 312 g/mol. The summed E-state index contributed by atoms with van der Waals surface area (Å²) in [5.74, 6) is -0.416. The maximum Gasteiger partial charge on any atom is 0.295 e. The van der Waals surface area contributed by atoms with Crippen LogP contribution in [0.1, 0.15) is 5.56 Å². The van der Waals surface area contributed by atoms with E-state index in [1.807, 2.05) is 0 Å². The summed E-state index contributed by atoms with van der Waals surface area (Å²) in [6.07, 6.45) is 0.803. The number of rotatable bonds is 4. The molecule has 0 fully saturated rings. The Morgan fingerprint density at radius 3 is 2.15 bits per heavy atom. The normalized spacial score (nSPS) is 12.5. The van der Waals surface area contributed by atoms with Gasteiger partial charge in [-0.3, -0.25) is 9.11 Å². The van der Waals surface area contributed by atoms with Crippen LogP contribution in [0.4, 0.5) is 0 Å². The molecule has 110 valence electrons. The molecule has 0 aromatic heterocycles. The molecule has 1 rings (SSSR count). The van der Waals surface area contributed by atoms with Crippen LogP contribution >= 0.6 is 0 Å². The third-order valence-corrected chi connectivity index (χ3v) is 3.70. The topological polar surface area (TPSA) is 185 Å². The Bertz CT molecular complexity index is 777. The quantitative estimate of drug-likeness (QED) is 0.230. The number of benzene rings is 1. The fourth-order valence-electron chi connectivity index (χ4n) is 1.18. The molecule has 0 radical (unpaired) electrons. The van der Waals surface area contributed by atoms with Gasteiger partial charge in [0.25, 0.3) is 20.2 Å². The van der Waals surface area contributed by atoms with Crippen molar-refractivity contribution in [3.63, 3.8) is 0 Å². The zero-order chi connectivity index (χ0) is 15.6. The molecule has 0 amide bonds. The first-order chi connectivity index (χ1) is 9.01. The van der Waals surface area contributed by atoms with Gasteiger partial charge < -0.3 is 11.5 Å². The van der Waals surface area contributed by atoms with E-state index in [1.54, 1.807) is 0 Å². The second-order valence-corrected chi connectivity index (χ2v) is 6.23. The van der Waals surface area contributed by atoms with E-state index in [4.69, 9.17) is 20.6 Å². The van der Waals surface area contributed by atoms with Gasteiger partial charge in [0.05, 0.1) is 11.1 Å². The molecule has 0 aliphatic heterocycles. The van der Waals surface area contributed by atoms with Crippen LogP contribution in [0.25, 0.3) is 0 Å². The van der Waals surface area contributed by atoms with Gasteiger partial charge in [-0.2, -0.15) is 21.9 Å². The lowest BCUT2D eigenvalue weighted by atomic mass is 10.2. The number of nitrogens with two attached hydrogens (primary N) is 2. The molecule has 0 saturated heterocycles. The number of guanidine groups is 1. The van der Waals surface area contributed by atoms with Gasteiger partial charge in [0, 0.05) is 5.56 Å². The van der Waals surface area contributed by atoms with Crippen LogP contribution in [-0.4, -0.2) is 38.1 Å². The zero-order valence-corrected chi connectivity index (χ0v) is 11.3. The molecule has 1 aromatic rings. The van der Waals surface area contributed by atoms with Gasteiger partial charge in [-0.15, -0.1) is 5.10 Å². The number of hydrogen-bond acceptors (Lipinski definition) is 6. The van der Waals surface area contributed by atoms with Crippen LogP contribution in [0.5, 0.6) is 0 Å². The maximum atomic E-state index is 11.1. The standard InChI is InChI=1S/C8H10N4O6S2/c9-8(10)12-11-4-5-3-6(19(13,14)15)1-2-7(5)20(16,17)18/h1-4H,(H4,9,10,12)(H,13,14,15)(H,16,17,18). The minimum atomic E-state index is -4.63. The zero-order valence-electron chi connectivity index (χ0n) is 9.70. The van der Waals surface area contributed by atoms with Crippen molar-refractivity contribution < 1.29 is 25.9 Å². The third-order valence-electron chi connectivity index (χ3n) is 1.93. The third kappa shape index (κ3) is 4.27. The Balaban J connectivity index is 3.50. The first-order valence-corrected chi connectivity index (χ1v) is 7.61. The van der Waals surface area contributed by atoms with Crippen LogP contribution < -0.4 is 11.5 Å². The van der Waals surface area contributed by atoms with Crippen molar-refractivity contribution in [2.75, 3.05) is 0 Å². The second-order valence-electron chi connectivity index (χ2n) is 3.42. The Morgan fingerprint density at radius 1 is 1.10 bits per heavy atom. The number of hydrogen-bond donors (Lipinski definition) is 4. The van der Waals surface area contributed by atoms with E-state index < -0.39 is 36.0 Å². The van der Waals surface area contributed by atoms with Crippen molar-refractivity contribution >= 4 is 32.4 Å². The Morgan fingerprint density at radius 2 is 1.70 bits per heavy atom. The van der Waals surface area contributed by atoms with Gasteiger partial charge in [0.2, 0.25) is 5.96 Å². The molecule has 0 saturated carbocycles. The summed E-state index contributed by atoms with van der Waals surface area (Å²) in [7, 11) is -9.18. The lowest BCUT2D eigenvalue weighted by Gasteiger charge is -2.04. The molecule has 0 heterocycles. The maximum absolute atomic E-state index is 11.1. The SMILES string of the molecule is NC(N)=NN=Cc1cc(S(=O)(=O)O)ccc1S(=O)(=O)O. The van der Waals surface area contributed by atoms with Gasteiger partial charge >= 0.3 is 0 Å². The lowest BCUT2D eigenvalue weighted by molar-refractivity contribution is 0.478. The second kappa shape index (κ2) is 5.54. The van der Waals surface area contributed by atoms with Crippen molar-refractivity contribution in [1.29, 1.82) is 0 Å². The average Bonchev–Trinajstić information content (AvgIpc) is 2.25. The molecule has 1 aromatic carbocycles. The summed E-state index contributed by atoms with van der Waals surface area (Å²) in [6, 6.07) is 2.37. The molecule has 20 heavy (non-hydrogen) atoms. The van der Waals surface area contributed by atoms with Gasteiger partial charge in [0.15, 0.2) is 0 Å². The first-order valence-electron chi connectivity index (χ1n) is 4.73. The van der Waals surface area contributed by atoms with E-state index in [9.17, 15) is 16.8 Å². The van der Waals surface area contributed by atoms with Crippen molar-refractivity contribution in [2.24, 2.45) is 21.7 Å².